The van der Waals surface area contributed by atoms with Crippen molar-refractivity contribution in [3.8, 4) is 0 Å². The Kier molecular flexibility index (Phi) is 2.16. The molecular weight excluding hydrogens is 268 g/mol. The number of benzene rings is 1. The molecule has 0 amide bonds. The molecule has 0 saturated carbocycles. The van der Waals surface area contributed by atoms with Gasteiger partial charge in [0.1, 0.15) is 0 Å². The molecule has 0 spiro atoms. The average molecular weight is 273 g/mol. The van der Waals surface area contributed by atoms with E-state index in [1.807, 2.05) is 0 Å². The van der Waals surface area contributed by atoms with Crippen LogP contribution >= 0.6 is 27.3 Å². The van der Waals surface area contributed by atoms with Crippen LogP contribution in [0.3, 0.4) is 0 Å². The lowest BCUT2D eigenvalue weighted by molar-refractivity contribution is 0.0699. The highest BCUT2D eigenvalue weighted by Gasteiger charge is 2.14. The molecule has 0 aliphatic rings. The Balaban J connectivity index is 2.87. The lowest BCUT2D eigenvalue weighted by Crippen LogP contribution is -1.95. The normalized spacial score (nSPS) is 10.6. The van der Waals surface area contributed by atoms with E-state index in [-0.39, 0.29) is 5.56 Å². The number of carboxylic acid groups (broad SMARTS) is 1. The molecule has 6 heteroatoms. The van der Waals surface area contributed by atoms with E-state index in [4.69, 9.17) is 10.8 Å². The van der Waals surface area contributed by atoms with E-state index < -0.39 is 5.97 Å². The summed E-state index contributed by atoms with van der Waals surface area (Å²) in [6, 6.07) is 3.19. The standard InChI is InChI=1S/C8H5BrN2O2S/c9-4-2-1-3(7(12)13)6-5(4)11-8(10)14-6/h1-2H,(H2,10,11)(H,12,13). The lowest BCUT2D eigenvalue weighted by atomic mass is 10.2. The number of aromatic nitrogens is 1. The quantitative estimate of drug-likeness (QED) is 0.836. The first-order chi connectivity index (χ1) is 6.59. The van der Waals surface area contributed by atoms with Gasteiger partial charge in [-0.1, -0.05) is 11.3 Å². The van der Waals surface area contributed by atoms with Crippen LogP contribution in [0.2, 0.25) is 0 Å². The molecule has 1 aromatic heterocycles. The van der Waals surface area contributed by atoms with Crippen LogP contribution in [0.15, 0.2) is 16.6 Å². The number of carboxylic acids is 1. The van der Waals surface area contributed by atoms with Crippen molar-refractivity contribution in [2.45, 2.75) is 0 Å². The number of thiazole rings is 1. The molecule has 1 aromatic carbocycles. The highest BCUT2D eigenvalue weighted by atomic mass is 79.9. The third kappa shape index (κ3) is 1.36. The number of carbonyl (C=O) groups is 1. The Morgan fingerprint density at radius 3 is 2.93 bits per heavy atom. The number of rotatable bonds is 1. The van der Waals surface area contributed by atoms with Gasteiger partial charge >= 0.3 is 5.97 Å². The molecule has 0 saturated heterocycles. The summed E-state index contributed by atoms with van der Waals surface area (Å²) < 4.78 is 1.36. The molecule has 0 aliphatic carbocycles. The number of aromatic carboxylic acids is 1. The van der Waals surface area contributed by atoms with Gasteiger partial charge in [-0.25, -0.2) is 9.78 Å². The fraction of sp³-hybridized carbons (Fsp3) is 0. The van der Waals surface area contributed by atoms with Crippen LogP contribution in [0.1, 0.15) is 10.4 Å². The van der Waals surface area contributed by atoms with Crippen molar-refractivity contribution in [1.29, 1.82) is 0 Å². The molecule has 1 heterocycles. The van der Waals surface area contributed by atoms with Crippen LogP contribution in [0.25, 0.3) is 10.2 Å². The predicted octanol–water partition coefficient (Wildman–Crippen LogP) is 2.34. The first-order valence-corrected chi connectivity index (χ1v) is 5.28. The van der Waals surface area contributed by atoms with Gasteiger partial charge in [0.25, 0.3) is 0 Å². The van der Waals surface area contributed by atoms with Crippen LogP contribution in [0.5, 0.6) is 0 Å². The summed E-state index contributed by atoms with van der Waals surface area (Å²) in [5.41, 5.74) is 6.36. The number of hydrogen-bond donors (Lipinski definition) is 2. The number of nitrogens with zero attached hydrogens (tertiary/aromatic N) is 1. The third-order valence-electron chi connectivity index (χ3n) is 1.74. The van der Waals surface area contributed by atoms with Crippen molar-refractivity contribution in [3.63, 3.8) is 0 Å². The van der Waals surface area contributed by atoms with Gasteiger partial charge in [0.15, 0.2) is 5.13 Å². The Hall–Kier alpha value is -1.14. The fourth-order valence-electron chi connectivity index (χ4n) is 1.16. The van der Waals surface area contributed by atoms with E-state index in [0.29, 0.717) is 15.3 Å². The molecule has 0 unspecified atom stereocenters. The van der Waals surface area contributed by atoms with Gasteiger partial charge in [-0.15, -0.1) is 0 Å². The highest BCUT2D eigenvalue weighted by Crippen LogP contribution is 2.32. The summed E-state index contributed by atoms with van der Waals surface area (Å²) in [6.45, 7) is 0. The topological polar surface area (TPSA) is 76.2 Å². The second-order valence-corrected chi connectivity index (χ2v) is 4.51. The molecule has 0 radical (unpaired) electrons. The monoisotopic (exact) mass is 272 g/mol. The van der Waals surface area contributed by atoms with E-state index >= 15 is 0 Å². The van der Waals surface area contributed by atoms with Crippen molar-refractivity contribution in [1.82, 2.24) is 4.98 Å². The SMILES string of the molecule is Nc1nc2c(Br)ccc(C(=O)O)c2s1. The summed E-state index contributed by atoms with van der Waals surface area (Å²) in [5, 5.41) is 9.28. The van der Waals surface area contributed by atoms with Gasteiger partial charge in [-0.05, 0) is 28.1 Å². The molecule has 72 valence electrons. The number of nitrogen functional groups attached to an aromatic ring is 1. The largest absolute Gasteiger partial charge is 0.478 e. The van der Waals surface area contributed by atoms with E-state index in [0.717, 1.165) is 4.47 Å². The van der Waals surface area contributed by atoms with E-state index in [1.165, 1.54) is 17.4 Å². The third-order valence-corrected chi connectivity index (χ3v) is 3.30. The Bertz CT molecular complexity index is 523. The van der Waals surface area contributed by atoms with Crippen molar-refractivity contribution in [2.24, 2.45) is 0 Å². The maximum atomic E-state index is 10.9. The zero-order chi connectivity index (χ0) is 10.3. The number of fused-ring (bicyclic) bond motifs is 1. The van der Waals surface area contributed by atoms with Crippen molar-refractivity contribution >= 4 is 48.6 Å². The first kappa shape index (κ1) is 9.42. The molecule has 0 aliphatic heterocycles. The van der Waals surface area contributed by atoms with Gasteiger partial charge in [0, 0.05) is 4.47 Å². The molecule has 2 rings (SSSR count). The van der Waals surface area contributed by atoms with Crippen molar-refractivity contribution in [2.75, 3.05) is 5.73 Å². The van der Waals surface area contributed by atoms with Gasteiger partial charge in [0.05, 0.1) is 15.8 Å². The van der Waals surface area contributed by atoms with Crippen molar-refractivity contribution < 1.29 is 9.90 Å². The Morgan fingerprint density at radius 2 is 2.29 bits per heavy atom. The zero-order valence-electron chi connectivity index (χ0n) is 6.82. The van der Waals surface area contributed by atoms with Crippen LogP contribution in [0.4, 0.5) is 5.13 Å². The van der Waals surface area contributed by atoms with Gasteiger partial charge in [-0.2, -0.15) is 0 Å². The number of halogens is 1. The van der Waals surface area contributed by atoms with Crippen molar-refractivity contribution in [3.05, 3.63) is 22.2 Å². The highest BCUT2D eigenvalue weighted by molar-refractivity contribution is 9.10. The fourth-order valence-corrected chi connectivity index (χ4v) is 2.57. The van der Waals surface area contributed by atoms with Crippen LogP contribution in [-0.4, -0.2) is 16.1 Å². The molecule has 2 aromatic rings. The molecule has 14 heavy (non-hydrogen) atoms. The van der Waals surface area contributed by atoms with E-state index in [2.05, 4.69) is 20.9 Å². The van der Waals surface area contributed by atoms with Gasteiger partial charge in [0.2, 0.25) is 0 Å². The minimum Gasteiger partial charge on any atom is -0.478 e. The Morgan fingerprint density at radius 1 is 1.57 bits per heavy atom. The summed E-state index contributed by atoms with van der Waals surface area (Å²) in [7, 11) is 0. The minimum atomic E-state index is -0.967. The summed E-state index contributed by atoms with van der Waals surface area (Å²) in [4.78, 5) is 14.9. The van der Waals surface area contributed by atoms with E-state index in [9.17, 15) is 4.79 Å². The molecule has 0 fully saturated rings. The molecular formula is C8H5BrN2O2S. The lowest BCUT2D eigenvalue weighted by Gasteiger charge is -1.96. The predicted molar refractivity (Wildman–Crippen MR) is 58.7 cm³/mol. The maximum Gasteiger partial charge on any atom is 0.337 e. The molecule has 3 N–H and O–H groups in total. The summed E-state index contributed by atoms with van der Waals surface area (Å²) in [5.74, 6) is -0.967. The van der Waals surface area contributed by atoms with Gasteiger partial charge < -0.3 is 10.8 Å². The Labute approximate surface area is 91.5 Å². The first-order valence-electron chi connectivity index (χ1n) is 3.67. The summed E-state index contributed by atoms with van der Waals surface area (Å²) >= 11 is 4.47. The summed E-state index contributed by atoms with van der Waals surface area (Å²) in [6.07, 6.45) is 0. The molecule has 0 atom stereocenters. The second kappa shape index (κ2) is 3.21. The van der Waals surface area contributed by atoms with Crippen LogP contribution < -0.4 is 5.73 Å². The molecule has 4 nitrogen and oxygen atoms in total. The zero-order valence-corrected chi connectivity index (χ0v) is 9.22. The smallest absolute Gasteiger partial charge is 0.337 e. The van der Waals surface area contributed by atoms with Crippen LogP contribution in [0, 0.1) is 0 Å². The average Bonchev–Trinajstić information content (AvgIpc) is 2.47. The van der Waals surface area contributed by atoms with E-state index in [1.54, 1.807) is 6.07 Å². The molecule has 0 bridgehead atoms. The second-order valence-electron chi connectivity index (χ2n) is 2.63. The maximum absolute atomic E-state index is 10.9. The van der Waals surface area contributed by atoms with Gasteiger partial charge in [-0.3, -0.25) is 0 Å². The number of hydrogen-bond acceptors (Lipinski definition) is 4. The number of anilines is 1. The number of nitrogens with two attached hydrogens (primary N) is 1. The van der Waals surface area contributed by atoms with Crippen LogP contribution in [-0.2, 0) is 0 Å². The minimum absolute atomic E-state index is 0.234.